The van der Waals surface area contributed by atoms with Crippen molar-refractivity contribution in [2.45, 2.75) is 19.3 Å². The second-order valence-corrected chi connectivity index (χ2v) is 27.5. The second kappa shape index (κ2) is 21.6. The summed E-state index contributed by atoms with van der Waals surface area (Å²) < 4.78 is 20.1. The van der Waals surface area contributed by atoms with Crippen LogP contribution >= 0.6 is 0 Å². The van der Waals surface area contributed by atoms with Gasteiger partial charge in [0.2, 0.25) is 0 Å². The van der Waals surface area contributed by atoms with Gasteiger partial charge in [0.15, 0.2) is 0 Å². The molecular weight excluding hydrogens is 1210 g/mol. The molecule has 0 atom stereocenters. The van der Waals surface area contributed by atoms with Crippen molar-refractivity contribution in [3.63, 3.8) is 0 Å². The van der Waals surface area contributed by atoms with Gasteiger partial charge in [0.1, 0.15) is 33.5 Å². The van der Waals surface area contributed by atoms with Gasteiger partial charge in [-0.15, -0.1) is 0 Å². The standard InChI is InChI=1S/C49H32O.C48H28O2/c1-49(2)41-25-13-11-23-37(41)47-42(49)28-40(46-38-24-12-14-26-43(38)50-48(46)47)45-35-21-9-7-19-33(35)44(34-20-8-10-22-36(34)45)39-27-29-15-3-4-16-30(29)31-17-5-6-18-32(31)39;1-2-12-30-27-31(22-21-29(30)11-1)33-25-26-41(47-40-18-8-10-20-43(40)50-48(33)47)46-38-16-5-3-14-36(38)45(37-15-4-6-17-39(37)46)32-23-24-35-34-13-7-9-19-42(34)49-44(35)28-32/h3-28H,1-2H3;1-28H. The lowest BCUT2D eigenvalue weighted by molar-refractivity contribution is 0.653. The van der Waals surface area contributed by atoms with Crippen molar-refractivity contribution < 1.29 is 13.3 Å². The van der Waals surface area contributed by atoms with Crippen LogP contribution in [-0.4, -0.2) is 0 Å². The summed E-state index contributed by atoms with van der Waals surface area (Å²) in [5.74, 6) is 0. The largest absolute Gasteiger partial charge is 0.456 e. The normalized spacial score (nSPS) is 12.8. The highest BCUT2D eigenvalue weighted by Crippen LogP contribution is 2.58. The summed E-state index contributed by atoms with van der Waals surface area (Å²) in [4.78, 5) is 0. The Morgan fingerprint density at radius 1 is 0.200 bits per heavy atom. The number of para-hydroxylation sites is 3. The molecule has 3 nitrogen and oxygen atoms in total. The molecular formula is C97H60O3. The minimum Gasteiger partial charge on any atom is -0.456 e. The highest BCUT2D eigenvalue weighted by molar-refractivity contribution is 6.31. The zero-order valence-electron chi connectivity index (χ0n) is 54.9. The molecule has 0 amide bonds. The van der Waals surface area contributed by atoms with Gasteiger partial charge in [-0.2, -0.15) is 0 Å². The third-order valence-corrected chi connectivity index (χ3v) is 21.9. The third kappa shape index (κ3) is 8.21. The number of hydrogen-bond acceptors (Lipinski definition) is 3. The molecule has 0 N–H and O–H groups in total. The van der Waals surface area contributed by atoms with E-state index in [0.29, 0.717) is 0 Å². The van der Waals surface area contributed by atoms with E-state index in [0.717, 1.165) is 77.1 Å². The second-order valence-electron chi connectivity index (χ2n) is 27.5. The average molecular weight is 1270 g/mol. The van der Waals surface area contributed by atoms with Crippen molar-refractivity contribution in [1.29, 1.82) is 0 Å². The molecule has 1 aliphatic carbocycles. The van der Waals surface area contributed by atoms with E-state index in [2.05, 4.69) is 329 Å². The number of furan rings is 3. The summed E-state index contributed by atoms with van der Waals surface area (Å²) in [6, 6.07) is 119. The fourth-order valence-corrected chi connectivity index (χ4v) is 17.5. The first-order valence-corrected chi connectivity index (χ1v) is 34.6. The Bertz CT molecular complexity index is 6950. The van der Waals surface area contributed by atoms with E-state index < -0.39 is 0 Å². The van der Waals surface area contributed by atoms with Gasteiger partial charge in [-0.1, -0.05) is 287 Å². The maximum absolute atomic E-state index is 6.91. The van der Waals surface area contributed by atoms with Crippen molar-refractivity contribution >= 4 is 141 Å². The van der Waals surface area contributed by atoms with Gasteiger partial charge in [-0.05, 0) is 197 Å². The SMILES string of the molecule is CC1(C)c2ccccc2-c2c1cc(-c1c3ccccc3c(-c3cc4ccccc4c4ccccc34)c3ccccc13)c1c2oc2ccccc21.c1ccc2cc(-c3ccc(-c4c5ccccc5c(-c5ccc6c(c5)oc5ccccc56)c5ccccc45)c4c3oc3ccccc34)ccc2c1. The molecule has 0 aliphatic heterocycles. The number of rotatable bonds is 5. The van der Waals surface area contributed by atoms with Crippen molar-refractivity contribution in [1.82, 2.24) is 0 Å². The van der Waals surface area contributed by atoms with Gasteiger partial charge < -0.3 is 13.3 Å². The summed E-state index contributed by atoms with van der Waals surface area (Å²) in [6.45, 7) is 4.72. The minimum atomic E-state index is -0.177. The molecule has 3 aromatic heterocycles. The first-order valence-electron chi connectivity index (χ1n) is 34.6. The van der Waals surface area contributed by atoms with E-state index in [1.54, 1.807) is 0 Å². The average Bonchev–Trinajstić information content (AvgIpc) is 1.44. The predicted molar refractivity (Wildman–Crippen MR) is 422 cm³/mol. The van der Waals surface area contributed by atoms with Crippen LogP contribution in [0.1, 0.15) is 25.0 Å². The Morgan fingerprint density at radius 3 is 1.26 bits per heavy atom. The molecule has 0 saturated heterocycles. The van der Waals surface area contributed by atoms with Crippen molar-refractivity contribution in [2.24, 2.45) is 0 Å². The number of hydrogen-bond donors (Lipinski definition) is 0. The van der Waals surface area contributed by atoms with Gasteiger partial charge in [0.25, 0.3) is 0 Å². The van der Waals surface area contributed by atoms with Gasteiger partial charge in [0, 0.05) is 48.9 Å². The first-order chi connectivity index (χ1) is 49.4. The Morgan fingerprint density at radius 2 is 0.630 bits per heavy atom. The van der Waals surface area contributed by atoms with Gasteiger partial charge >= 0.3 is 0 Å². The molecule has 0 spiro atoms. The van der Waals surface area contributed by atoms with Crippen LogP contribution in [0, 0.1) is 0 Å². The molecule has 0 bridgehead atoms. The lowest BCUT2D eigenvalue weighted by Crippen LogP contribution is -2.15. The fraction of sp³-hybridized carbons (Fsp3) is 0.0309. The predicted octanol–water partition coefficient (Wildman–Crippen LogP) is 27.8. The summed E-state index contributed by atoms with van der Waals surface area (Å²) in [6.07, 6.45) is 0. The highest BCUT2D eigenvalue weighted by Gasteiger charge is 2.39. The summed E-state index contributed by atoms with van der Waals surface area (Å²) in [5, 5.41) is 24.2. The van der Waals surface area contributed by atoms with Crippen LogP contribution in [0.4, 0.5) is 0 Å². The Balaban J connectivity index is 0.000000131. The van der Waals surface area contributed by atoms with Crippen LogP contribution < -0.4 is 0 Å². The topological polar surface area (TPSA) is 39.4 Å². The van der Waals surface area contributed by atoms with Crippen LogP contribution in [0.3, 0.4) is 0 Å². The van der Waals surface area contributed by atoms with Crippen LogP contribution in [-0.2, 0) is 5.41 Å². The quantitative estimate of drug-likeness (QED) is 0.127. The van der Waals surface area contributed by atoms with Crippen molar-refractivity contribution in [3.05, 3.63) is 339 Å². The first kappa shape index (κ1) is 56.4. The minimum absolute atomic E-state index is 0.177. The monoisotopic (exact) mass is 1270 g/mol. The zero-order valence-corrected chi connectivity index (χ0v) is 54.9. The van der Waals surface area contributed by atoms with E-state index in [4.69, 9.17) is 13.3 Å². The lowest BCUT2D eigenvalue weighted by Gasteiger charge is -2.24. The zero-order chi connectivity index (χ0) is 65.9. The fourth-order valence-electron chi connectivity index (χ4n) is 17.5. The molecule has 3 heterocycles. The molecule has 3 heteroatoms. The molecule has 466 valence electrons. The van der Waals surface area contributed by atoms with E-state index in [1.165, 1.54) is 142 Å². The van der Waals surface area contributed by atoms with Gasteiger partial charge in [0.05, 0.1) is 0 Å². The molecule has 0 fully saturated rings. The molecule has 0 saturated carbocycles. The molecule has 22 rings (SSSR count). The van der Waals surface area contributed by atoms with E-state index in [9.17, 15) is 0 Å². The molecule has 0 radical (unpaired) electrons. The van der Waals surface area contributed by atoms with Crippen LogP contribution in [0.5, 0.6) is 0 Å². The van der Waals surface area contributed by atoms with Gasteiger partial charge in [-0.25, -0.2) is 0 Å². The molecule has 100 heavy (non-hydrogen) atoms. The third-order valence-electron chi connectivity index (χ3n) is 21.9. The summed E-state index contributed by atoms with van der Waals surface area (Å²) in [5.41, 5.74) is 22.5. The smallest absolute Gasteiger partial charge is 0.144 e. The Kier molecular flexibility index (Phi) is 12.2. The van der Waals surface area contributed by atoms with E-state index in [1.807, 2.05) is 12.1 Å². The van der Waals surface area contributed by atoms with Crippen LogP contribution in [0.2, 0.25) is 0 Å². The number of benzene rings is 18. The summed E-state index contributed by atoms with van der Waals surface area (Å²) in [7, 11) is 0. The summed E-state index contributed by atoms with van der Waals surface area (Å²) >= 11 is 0. The Hall–Kier alpha value is -12.8. The maximum Gasteiger partial charge on any atom is 0.144 e. The molecule has 1 aliphatic rings. The maximum atomic E-state index is 6.91. The number of fused-ring (bicyclic) bond motifs is 21. The Labute approximate surface area is 575 Å². The van der Waals surface area contributed by atoms with Crippen LogP contribution in [0.15, 0.2) is 341 Å². The lowest BCUT2D eigenvalue weighted by atomic mass is 9.79. The highest BCUT2D eigenvalue weighted by atomic mass is 16.3. The van der Waals surface area contributed by atoms with Crippen LogP contribution in [0.25, 0.3) is 208 Å². The van der Waals surface area contributed by atoms with E-state index in [-0.39, 0.29) is 5.41 Å². The van der Waals surface area contributed by atoms with E-state index >= 15 is 0 Å². The molecule has 21 aromatic rings. The van der Waals surface area contributed by atoms with Crippen molar-refractivity contribution in [3.8, 4) is 66.8 Å². The van der Waals surface area contributed by atoms with Crippen molar-refractivity contribution in [2.75, 3.05) is 0 Å². The molecule has 18 aromatic carbocycles. The molecule has 0 unspecified atom stereocenters. The van der Waals surface area contributed by atoms with Gasteiger partial charge in [-0.3, -0.25) is 0 Å².